The first-order valence-electron chi connectivity index (χ1n) is 8.29. The largest absolute Gasteiger partial charge is 0.478 e. The average molecular weight is 344 g/mol. The highest BCUT2D eigenvalue weighted by Gasteiger charge is 2.33. The van der Waals surface area contributed by atoms with Crippen LogP contribution in [-0.2, 0) is 24.2 Å². The van der Waals surface area contributed by atoms with Crippen molar-refractivity contribution in [3.05, 3.63) is 45.3 Å². The Morgan fingerprint density at radius 3 is 2.75 bits per heavy atom. The number of methoxy groups -OCH3 is 1. The minimum absolute atomic E-state index is 0.174. The predicted molar refractivity (Wildman–Crippen MR) is 98.0 cm³/mol. The number of aryl methyl sites for hydroxylation is 2. The van der Waals surface area contributed by atoms with Gasteiger partial charge in [-0.2, -0.15) is 0 Å². The molecule has 0 saturated carbocycles. The molecule has 1 aliphatic carbocycles. The van der Waals surface area contributed by atoms with Gasteiger partial charge in [0.1, 0.15) is 0 Å². The van der Waals surface area contributed by atoms with E-state index in [2.05, 4.69) is 19.9 Å². The second kappa shape index (κ2) is 6.34. The van der Waals surface area contributed by atoms with E-state index in [1.165, 1.54) is 4.88 Å². The van der Waals surface area contributed by atoms with Crippen LogP contribution in [0, 0.1) is 12.3 Å². The van der Waals surface area contributed by atoms with Crippen molar-refractivity contribution in [1.29, 1.82) is 0 Å². The van der Waals surface area contributed by atoms with E-state index in [1.807, 2.05) is 19.1 Å². The van der Waals surface area contributed by atoms with Crippen LogP contribution in [0.2, 0.25) is 0 Å². The van der Waals surface area contributed by atoms with Crippen LogP contribution in [0.1, 0.15) is 52.2 Å². The fourth-order valence-corrected chi connectivity index (χ4v) is 4.97. The van der Waals surface area contributed by atoms with E-state index in [1.54, 1.807) is 18.4 Å². The lowest BCUT2D eigenvalue weighted by Crippen LogP contribution is -2.22. The molecule has 0 atom stereocenters. The van der Waals surface area contributed by atoms with Gasteiger partial charge in [0.25, 0.3) is 0 Å². The third-order valence-electron chi connectivity index (χ3n) is 4.84. The number of ether oxygens (including phenoxy) is 1. The van der Waals surface area contributed by atoms with E-state index in [9.17, 15) is 9.90 Å². The van der Waals surface area contributed by atoms with Crippen LogP contribution in [0.3, 0.4) is 0 Å². The van der Waals surface area contributed by atoms with Crippen molar-refractivity contribution in [3.63, 3.8) is 0 Å². The molecule has 0 unspecified atom stereocenters. The van der Waals surface area contributed by atoms with Crippen molar-refractivity contribution in [2.45, 2.75) is 46.6 Å². The van der Waals surface area contributed by atoms with E-state index in [0.717, 1.165) is 46.4 Å². The zero-order chi connectivity index (χ0) is 17.5. The number of hydrogen-bond acceptors (Lipinski definition) is 3. The molecule has 3 nitrogen and oxygen atoms in total. The molecule has 1 aromatic heterocycles. The Bertz CT molecular complexity index is 786. The van der Waals surface area contributed by atoms with Gasteiger partial charge in [-0.3, -0.25) is 0 Å². The van der Waals surface area contributed by atoms with Crippen LogP contribution in [0.5, 0.6) is 0 Å². The van der Waals surface area contributed by atoms with Crippen molar-refractivity contribution in [1.82, 2.24) is 0 Å². The standard InChI is InChI=1S/C20H24O3S/c1-12-9-13(11-23-4)5-6-14(12)18-17(19(21)22)15-10-20(2,3)8-7-16(15)24-18/h5-6,9H,7-8,10-11H2,1-4H3,(H,21,22). The third-order valence-corrected chi connectivity index (χ3v) is 6.16. The SMILES string of the molecule is COCc1ccc(-c2sc3c(c2C(=O)O)CC(C)(C)CC3)c(C)c1. The third kappa shape index (κ3) is 3.13. The number of carboxylic acid groups (broad SMARTS) is 1. The van der Waals surface area contributed by atoms with Crippen molar-refractivity contribution in [3.8, 4) is 10.4 Å². The fourth-order valence-electron chi connectivity index (χ4n) is 3.57. The Labute approximate surface area is 147 Å². The van der Waals surface area contributed by atoms with Gasteiger partial charge in [0.05, 0.1) is 12.2 Å². The molecule has 0 amide bonds. The quantitative estimate of drug-likeness (QED) is 0.841. The highest BCUT2D eigenvalue weighted by Crippen LogP contribution is 2.45. The average Bonchev–Trinajstić information content (AvgIpc) is 2.84. The lowest BCUT2D eigenvalue weighted by Gasteiger charge is -2.29. The van der Waals surface area contributed by atoms with Gasteiger partial charge in [-0.05, 0) is 53.9 Å². The molecule has 0 saturated heterocycles. The Morgan fingerprint density at radius 2 is 2.12 bits per heavy atom. The molecule has 24 heavy (non-hydrogen) atoms. The number of hydrogen-bond donors (Lipinski definition) is 1. The van der Waals surface area contributed by atoms with Crippen molar-refractivity contribution >= 4 is 17.3 Å². The van der Waals surface area contributed by atoms with Crippen LogP contribution in [0.15, 0.2) is 18.2 Å². The molecular weight excluding hydrogens is 320 g/mol. The monoisotopic (exact) mass is 344 g/mol. The van der Waals surface area contributed by atoms with E-state index in [0.29, 0.717) is 12.2 Å². The van der Waals surface area contributed by atoms with Gasteiger partial charge in [0.2, 0.25) is 0 Å². The summed E-state index contributed by atoms with van der Waals surface area (Å²) in [5.41, 5.74) is 4.99. The van der Waals surface area contributed by atoms with Gasteiger partial charge in [-0.1, -0.05) is 32.0 Å². The van der Waals surface area contributed by atoms with Crippen molar-refractivity contribution in [2.24, 2.45) is 5.41 Å². The van der Waals surface area contributed by atoms with Crippen LogP contribution >= 0.6 is 11.3 Å². The summed E-state index contributed by atoms with van der Waals surface area (Å²) >= 11 is 1.67. The maximum absolute atomic E-state index is 12.0. The molecule has 3 rings (SSSR count). The lowest BCUT2D eigenvalue weighted by atomic mass is 9.76. The van der Waals surface area contributed by atoms with Gasteiger partial charge in [0, 0.05) is 16.9 Å². The number of fused-ring (bicyclic) bond motifs is 1. The molecule has 1 aromatic carbocycles. The van der Waals surface area contributed by atoms with E-state index >= 15 is 0 Å². The fraction of sp³-hybridized carbons (Fsp3) is 0.450. The molecule has 1 heterocycles. The number of aromatic carboxylic acids is 1. The zero-order valence-corrected chi connectivity index (χ0v) is 15.5. The molecule has 1 N–H and O–H groups in total. The van der Waals surface area contributed by atoms with Crippen molar-refractivity contribution in [2.75, 3.05) is 7.11 Å². The Balaban J connectivity index is 2.12. The number of carbonyl (C=O) groups is 1. The van der Waals surface area contributed by atoms with E-state index < -0.39 is 5.97 Å². The second-order valence-electron chi connectivity index (χ2n) is 7.44. The predicted octanol–water partition coefficient (Wildman–Crippen LogP) is 5.08. The maximum Gasteiger partial charge on any atom is 0.337 e. The zero-order valence-electron chi connectivity index (χ0n) is 14.7. The Morgan fingerprint density at radius 1 is 1.38 bits per heavy atom. The molecular formula is C20H24O3S. The minimum Gasteiger partial charge on any atom is -0.478 e. The summed E-state index contributed by atoms with van der Waals surface area (Å²) in [5.74, 6) is -0.805. The normalized spacial score (nSPS) is 16.0. The minimum atomic E-state index is -0.805. The number of rotatable bonds is 4. The summed E-state index contributed by atoms with van der Waals surface area (Å²) in [4.78, 5) is 14.2. The summed E-state index contributed by atoms with van der Waals surface area (Å²) in [6.45, 7) is 7.07. The van der Waals surface area contributed by atoms with Gasteiger partial charge in [-0.25, -0.2) is 4.79 Å². The molecule has 0 bridgehead atoms. The molecule has 1 aliphatic rings. The summed E-state index contributed by atoms with van der Waals surface area (Å²) < 4.78 is 5.19. The number of carboxylic acids is 1. The van der Waals surface area contributed by atoms with E-state index in [4.69, 9.17) is 4.74 Å². The van der Waals surface area contributed by atoms with Gasteiger partial charge >= 0.3 is 5.97 Å². The molecule has 0 spiro atoms. The maximum atomic E-state index is 12.0. The Kier molecular flexibility index (Phi) is 4.54. The van der Waals surface area contributed by atoms with Gasteiger partial charge in [0.15, 0.2) is 0 Å². The summed E-state index contributed by atoms with van der Waals surface area (Å²) in [6.07, 6.45) is 2.94. The van der Waals surface area contributed by atoms with Crippen molar-refractivity contribution < 1.29 is 14.6 Å². The molecule has 0 aliphatic heterocycles. The first kappa shape index (κ1) is 17.2. The van der Waals surface area contributed by atoms with Crippen LogP contribution in [0.25, 0.3) is 10.4 Å². The highest BCUT2D eigenvalue weighted by atomic mass is 32.1. The molecule has 4 heteroatoms. The van der Waals surface area contributed by atoms with Gasteiger partial charge < -0.3 is 9.84 Å². The van der Waals surface area contributed by atoms with E-state index in [-0.39, 0.29) is 5.41 Å². The summed E-state index contributed by atoms with van der Waals surface area (Å²) in [7, 11) is 1.68. The van der Waals surface area contributed by atoms with Crippen LogP contribution < -0.4 is 0 Å². The van der Waals surface area contributed by atoms with Crippen LogP contribution in [0.4, 0.5) is 0 Å². The smallest absolute Gasteiger partial charge is 0.337 e. The highest BCUT2D eigenvalue weighted by molar-refractivity contribution is 7.16. The first-order chi connectivity index (χ1) is 11.3. The number of thiophene rings is 1. The summed E-state index contributed by atoms with van der Waals surface area (Å²) in [6, 6.07) is 6.16. The molecule has 0 fully saturated rings. The summed E-state index contributed by atoms with van der Waals surface area (Å²) in [5, 5.41) is 9.86. The lowest BCUT2D eigenvalue weighted by molar-refractivity contribution is 0.0696. The topological polar surface area (TPSA) is 46.5 Å². The molecule has 128 valence electrons. The van der Waals surface area contributed by atoms with Crippen LogP contribution in [-0.4, -0.2) is 18.2 Å². The Hall–Kier alpha value is -1.65. The molecule has 2 aromatic rings. The first-order valence-corrected chi connectivity index (χ1v) is 9.11. The molecule has 0 radical (unpaired) electrons. The number of benzene rings is 1. The van der Waals surface area contributed by atoms with Gasteiger partial charge in [-0.15, -0.1) is 11.3 Å². The second-order valence-corrected chi connectivity index (χ2v) is 8.54.